The highest BCUT2D eigenvalue weighted by Gasteiger charge is 2.26. The van der Waals surface area contributed by atoms with Crippen LogP contribution in [-0.4, -0.2) is 18.5 Å². The molecule has 5 heterocycles. The summed E-state index contributed by atoms with van der Waals surface area (Å²) in [6, 6.07) is 58.1. The van der Waals surface area contributed by atoms with Gasteiger partial charge in [-0.25, -0.2) is 0 Å². The van der Waals surface area contributed by atoms with Gasteiger partial charge in [0.25, 0.3) is 0 Å². The summed E-state index contributed by atoms with van der Waals surface area (Å²) >= 11 is 0. The molecule has 0 aliphatic heterocycles. The molecule has 0 amide bonds. The van der Waals surface area contributed by atoms with Crippen LogP contribution in [0.2, 0.25) is 0 Å². The highest BCUT2D eigenvalue weighted by Crippen LogP contribution is 2.49. The maximum Gasteiger partial charge on any atom is 0.0724 e. The smallest absolute Gasteiger partial charge is 0.0724 e. The molecule has 4 heteroatoms. The van der Waals surface area contributed by atoms with Crippen molar-refractivity contribution in [3.05, 3.63) is 170 Å². The Balaban J connectivity index is 1.27. The van der Waals surface area contributed by atoms with Gasteiger partial charge >= 0.3 is 0 Å². The second-order valence-corrected chi connectivity index (χ2v) is 14.3. The van der Waals surface area contributed by atoms with Crippen LogP contribution < -0.4 is 0 Å². The summed E-state index contributed by atoms with van der Waals surface area (Å²) in [4.78, 5) is 4.57. The van der Waals surface area contributed by atoms with Gasteiger partial charge in [0.1, 0.15) is 0 Å². The number of aromatic nitrogens is 4. The molecule has 0 aliphatic carbocycles. The lowest BCUT2D eigenvalue weighted by Crippen LogP contribution is -1.99. The zero-order valence-corrected chi connectivity index (χ0v) is 28.5. The molecule has 0 radical (unpaired) electrons. The van der Waals surface area contributed by atoms with Crippen molar-refractivity contribution in [2.24, 2.45) is 0 Å². The number of para-hydroxylation sites is 3. The van der Waals surface area contributed by atoms with Crippen molar-refractivity contribution in [3.63, 3.8) is 0 Å². The van der Waals surface area contributed by atoms with E-state index in [9.17, 15) is 0 Å². The predicted octanol–water partition coefficient (Wildman–Crippen LogP) is 12.7. The number of rotatable bonds is 2. The lowest BCUT2D eigenvalue weighted by atomic mass is 9.97. The van der Waals surface area contributed by atoms with Gasteiger partial charge in [0, 0.05) is 76.8 Å². The fraction of sp³-hybridized carbons (Fsp3) is 0. The van der Waals surface area contributed by atoms with E-state index in [1.54, 1.807) is 0 Å². The van der Waals surface area contributed by atoms with Gasteiger partial charge in [-0.3, -0.25) is 4.98 Å². The summed E-state index contributed by atoms with van der Waals surface area (Å²) in [6.45, 7) is 0. The van der Waals surface area contributed by atoms with Gasteiger partial charge in [0.05, 0.1) is 44.8 Å². The normalized spacial score (nSPS) is 12.5. The number of pyridine rings is 1. The standard InChI is InChI=1S/C49H28N4/c1-2-14-32-29(11-1)23-24-40-45-44-39-20-10-19-36-34-16-6-8-22-42(34)53(47(36)39)49(44)38-18-4-3-17-37(38)48(45)52(46(32)40)31-13-9-12-30(27-31)51-41-21-7-5-15-33(41)35-25-26-50-28-43(35)51/h1-28H. The average Bonchev–Trinajstić information content (AvgIpc) is 3.96. The van der Waals surface area contributed by atoms with E-state index in [2.05, 4.69) is 176 Å². The van der Waals surface area contributed by atoms with Crippen molar-refractivity contribution in [2.45, 2.75) is 0 Å². The molecule has 13 aromatic rings. The Labute approximate surface area is 302 Å². The molecule has 244 valence electrons. The van der Waals surface area contributed by atoms with Crippen molar-refractivity contribution < 1.29 is 0 Å². The molecule has 5 aromatic heterocycles. The second kappa shape index (κ2) is 9.78. The summed E-state index contributed by atoms with van der Waals surface area (Å²) < 4.78 is 7.46. The highest BCUT2D eigenvalue weighted by atomic mass is 15.0. The zero-order chi connectivity index (χ0) is 34.4. The molecule has 4 nitrogen and oxygen atoms in total. The lowest BCUT2D eigenvalue weighted by Gasteiger charge is -2.15. The first-order valence-electron chi connectivity index (χ1n) is 18.2. The summed E-state index contributed by atoms with van der Waals surface area (Å²) in [5.74, 6) is 0. The molecule has 0 saturated heterocycles. The van der Waals surface area contributed by atoms with Gasteiger partial charge in [0.2, 0.25) is 0 Å². The fourth-order valence-corrected chi connectivity index (χ4v) is 9.78. The van der Waals surface area contributed by atoms with Gasteiger partial charge in [-0.05, 0) is 41.8 Å². The van der Waals surface area contributed by atoms with E-state index in [-0.39, 0.29) is 0 Å². The first-order chi connectivity index (χ1) is 26.3. The largest absolute Gasteiger partial charge is 0.308 e. The Bertz CT molecular complexity index is 3640. The molecule has 0 spiro atoms. The van der Waals surface area contributed by atoms with Crippen LogP contribution >= 0.6 is 0 Å². The van der Waals surface area contributed by atoms with Gasteiger partial charge < -0.3 is 13.5 Å². The Morgan fingerprint density at radius 2 is 0.906 bits per heavy atom. The monoisotopic (exact) mass is 672 g/mol. The van der Waals surface area contributed by atoms with E-state index in [1.165, 1.54) is 97.7 Å². The molecule has 13 rings (SSSR count). The van der Waals surface area contributed by atoms with E-state index < -0.39 is 0 Å². The Morgan fingerprint density at radius 1 is 0.340 bits per heavy atom. The van der Waals surface area contributed by atoms with Crippen LogP contribution in [0.15, 0.2) is 170 Å². The first-order valence-corrected chi connectivity index (χ1v) is 18.2. The molecule has 0 atom stereocenters. The number of fused-ring (bicyclic) bond motifs is 18. The first kappa shape index (κ1) is 27.5. The third-order valence-corrected chi connectivity index (χ3v) is 11.8. The summed E-state index contributed by atoms with van der Waals surface area (Å²) in [7, 11) is 0. The maximum absolute atomic E-state index is 4.57. The van der Waals surface area contributed by atoms with Gasteiger partial charge in [-0.15, -0.1) is 0 Å². The van der Waals surface area contributed by atoms with Crippen molar-refractivity contribution >= 4 is 103 Å². The number of nitrogens with zero attached hydrogens (tertiary/aromatic N) is 4. The summed E-state index contributed by atoms with van der Waals surface area (Å²) in [5, 5.41) is 15.2. The average molecular weight is 673 g/mol. The topological polar surface area (TPSA) is 27.2 Å². The summed E-state index contributed by atoms with van der Waals surface area (Å²) in [6.07, 6.45) is 3.88. The van der Waals surface area contributed by atoms with E-state index >= 15 is 0 Å². The predicted molar refractivity (Wildman–Crippen MR) is 223 cm³/mol. The quantitative estimate of drug-likeness (QED) is 0.180. The molecule has 0 unspecified atom stereocenters. The minimum Gasteiger partial charge on any atom is -0.308 e. The molecule has 0 bridgehead atoms. The third kappa shape index (κ3) is 3.34. The third-order valence-electron chi connectivity index (χ3n) is 11.8. The molecule has 0 saturated carbocycles. The zero-order valence-electron chi connectivity index (χ0n) is 28.5. The van der Waals surface area contributed by atoms with Crippen LogP contribution in [-0.2, 0) is 0 Å². The molecular formula is C49H28N4. The molecule has 53 heavy (non-hydrogen) atoms. The van der Waals surface area contributed by atoms with E-state index in [4.69, 9.17) is 0 Å². The van der Waals surface area contributed by atoms with Crippen molar-refractivity contribution in [1.82, 2.24) is 18.5 Å². The van der Waals surface area contributed by atoms with Gasteiger partial charge in [-0.2, -0.15) is 0 Å². The minimum atomic E-state index is 1.10. The second-order valence-electron chi connectivity index (χ2n) is 14.3. The molecule has 0 aliphatic rings. The summed E-state index contributed by atoms with van der Waals surface area (Å²) in [5.41, 5.74) is 10.8. The van der Waals surface area contributed by atoms with Gasteiger partial charge in [-0.1, -0.05) is 121 Å². The van der Waals surface area contributed by atoms with Crippen LogP contribution in [0.5, 0.6) is 0 Å². The van der Waals surface area contributed by atoms with Crippen LogP contribution in [0, 0.1) is 0 Å². The molecular weight excluding hydrogens is 645 g/mol. The van der Waals surface area contributed by atoms with Crippen molar-refractivity contribution in [1.29, 1.82) is 0 Å². The molecule has 8 aromatic carbocycles. The number of hydrogen-bond acceptors (Lipinski definition) is 1. The van der Waals surface area contributed by atoms with E-state index in [0.29, 0.717) is 0 Å². The van der Waals surface area contributed by atoms with Crippen LogP contribution in [0.1, 0.15) is 0 Å². The minimum absolute atomic E-state index is 1.10. The Hall–Kier alpha value is -7.17. The van der Waals surface area contributed by atoms with Gasteiger partial charge in [0.15, 0.2) is 0 Å². The highest BCUT2D eigenvalue weighted by molar-refractivity contribution is 6.40. The van der Waals surface area contributed by atoms with E-state index in [1.807, 2.05) is 12.4 Å². The van der Waals surface area contributed by atoms with E-state index in [0.717, 1.165) is 16.9 Å². The fourth-order valence-electron chi connectivity index (χ4n) is 9.78. The van der Waals surface area contributed by atoms with Crippen LogP contribution in [0.25, 0.3) is 115 Å². The SMILES string of the molecule is c1cc(-n2c3ccccc3c3ccncc32)cc(-n2c3c4ccccc4ccc3c3c4c5cccc6c7ccccc7n(c65)c4c4ccccc4c32)c1. The van der Waals surface area contributed by atoms with Crippen molar-refractivity contribution in [3.8, 4) is 11.4 Å². The number of benzene rings is 8. The number of hydrogen-bond donors (Lipinski definition) is 0. The molecule has 0 N–H and O–H groups in total. The van der Waals surface area contributed by atoms with Crippen molar-refractivity contribution in [2.75, 3.05) is 0 Å². The Morgan fingerprint density at radius 3 is 1.75 bits per heavy atom. The maximum atomic E-state index is 4.57. The van der Waals surface area contributed by atoms with Crippen LogP contribution in [0.4, 0.5) is 0 Å². The Kier molecular flexibility index (Phi) is 5.08. The van der Waals surface area contributed by atoms with Crippen LogP contribution in [0.3, 0.4) is 0 Å². The molecule has 0 fully saturated rings. The lowest BCUT2D eigenvalue weighted by molar-refractivity contribution is 1.13.